The quantitative estimate of drug-likeness (QED) is 0.317. The van der Waals surface area contributed by atoms with Crippen LogP contribution in [0.2, 0.25) is 10.0 Å². The molecule has 2 N–H and O–H groups in total. The van der Waals surface area contributed by atoms with Crippen molar-refractivity contribution in [3.63, 3.8) is 0 Å². The molecular formula is C29H32Cl2N6O2. The Morgan fingerprint density at radius 1 is 1.10 bits per heavy atom. The van der Waals surface area contributed by atoms with Crippen molar-refractivity contribution in [2.75, 3.05) is 32.8 Å². The number of aromatic amines is 1. The Bertz CT molecular complexity index is 1510. The minimum atomic E-state index is -0.324. The summed E-state index contributed by atoms with van der Waals surface area (Å²) in [5.74, 6) is 1.49. The fourth-order valence-corrected chi connectivity index (χ4v) is 5.94. The highest BCUT2D eigenvalue weighted by molar-refractivity contribution is 6.32. The fraction of sp³-hybridized carbons (Fsp3) is 0.414. The normalized spacial score (nSPS) is 16.8. The molecule has 4 aromatic rings. The van der Waals surface area contributed by atoms with Gasteiger partial charge in [-0.1, -0.05) is 23.2 Å². The molecule has 6 rings (SSSR count). The monoisotopic (exact) mass is 566 g/mol. The van der Waals surface area contributed by atoms with Crippen molar-refractivity contribution < 1.29 is 9.53 Å². The van der Waals surface area contributed by atoms with Crippen LogP contribution >= 0.6 is 23.2 Å². The van der Waals surface area contributed by atoms with Crippen LogP contribution < -0.4 is 5.32 Å². The molecule has 10 heteroatoms. The maximum atomic E-state index is 13.2. The number of hydrogen-bond acceptors (Lipinski definition) is 5. The van der Waals surface area contributed by atoms with Crippen LogP contribution in [-0.4, -0.2) is 63.2 Å². The van der Waals surface area contributed by atoms with Crippen LogP contribution in [0.5, 0.6) is 0 Å². The van der Waals surface area contributed by atoms with E-state index < -0.39 is 0 Å². The third-order valence-corrected chi connectivity index (χ3v) is 8.17. The van der Waals surface area contributed by atoms with E-state index in [0.29, 0.717) is 21.4 Å². The van der Waals surface area contributed by atoms with E-state index in [1.807, 2.05) is 31.2 Å². The highest BCUT2D eigenvalue weighted by Gasteiger charge is 2.24. The third kappa shape index (κ3) is 5.57. The van der Waals surface area contributed by atoms with E-state index >= 15 is 0 Å². The largest absolute Gasteiger partial charge is 0.379 e. The molecule has 2 aromatic heterocycles. The molecule has 0 radical (unpaired) electrons. The van der Waals surface area contributed by atoms with Crippen LogP contribution in [0.1, 0.15) is 59.2 Å². The number of ether oxygens (including phenoxy) is 1. The molecule has 1 aliphatic carbocycles. The second-order valence-electron chi connectivity index (χ2n) is 10.3. The second kappa shape index (κ2) is 11.3. The average molecular weight is 568 g/mol. The molecular weight excluding hydrogens is 535 g/mol. The first-order valence-electron chi connectivity index (χ1n) is 13.6. The Hall–Kier alpha value is -2.91. The van der Waals surface area contributed by atoms with E-state index in [4.69, 9.17) is 32.9 Å². The first-order chi connectivity index (χ1) is 19.0. The summed E-state index contributed by atoms with van der Waals surface area (Å²) < 4.78 is 7.74. The molecule has 0 unspecified atom stereocenters. The lowest BCUT2D eigenvalue weighted by Crippen LogP contribution is -2.37. The number of imidazole rings is 2. The van der Waals surface area contributed by atoms with Crippen LogP contribution in [0.15, 0.2) is 36.4 Å². The lowest BCUT2D eigenvalue weighted by molar-refractivity contribution is 0.0382. The van der Waals surface area contributed by atoms with Gasteiger partial charge in [0.1, 0.15) is 11.6 Å². The fourth-order valence-electron chi connectivity index (χ4n) is 5.51. The summed E-state index contributed by atoms with van der Waals surface area (Å²) in [7, 11) is 0. The van der Waals surface area contributed by atoms with Crippen molar-refractivity contribution in [2.24, 2.45) is 0 Å². The number of aryl methyl sites for hydroxylation is 1. The van der Waals surface area contributed by atoms with Crippen molar-refractivity contribution in [1.82, 2.24) is 29.7 Å². The number of halogens is 2. The Balaban J connectivity index is 1.22. The molecule has 3 heterocycles. The molecule has 0 spiro atoms. The summed E-state index contributed by atoms with van der Waals surface area (Å²) in [5.41, 5.74) is 5.43. The van der Waals surface area contributed by atoms with Gasteiger partial charge < -0.3 is 15.0 Å². The zero-order chi connectivity index (χ0) is 26.9. The van der Waals surface area contributed by atoms with E-state index in [1.54, 1.807) is 12.1 Å². The van der Waals surface area contributed by atoms with Gasteiger partial charge in [0.05, 0.1) is 46.7 Å². The highest BCUT2D eigenvalue weighted by atomic mass is 35.5. The van der Waals surface area contributed by atoms with Gasteiger partial charge >= 0.3 is 0 Å². The van der Waals surface area contributed by atoms with Crippen LogP contribution in [0, 0.1) is 0 Å². The van der Waals surface area contributed by atoms with Crippen LogP contribution in [0.3, 0.4) is 0 Å². The molecule has 0 saturated carbocycles. The van der Waals surface area contributed by atoms with Crippen molar-refractivity contribution in [3.8, 4) is 5.69 Å². The van der Waals surface area contributed by atoms with E-state index in [0.717, 1.165) is 87.5 Å². The number of amides is 1. The van der Waals surface area contributed by atoms with Gasteiger partial charge in [0, 0.05) is 42.3 Å². The van der Waals surface area contributed by atoms with Crippen molar-refractivity contribution in [2.45, 2.75) is 45.1 Å². The minimum Gasteiger partial charge on any atom is -0.379 e. The number of nitrogens with one attached hydrogen (secondary N) is 2. The number of aromatic nitrogens is 4. The molecule has 2 aromatic carbocycles. The number of carbonyl (C=O) groups excluding carboxylic acids is 1. The first-order valence-corrected chi connectivity index (χ1v) is 14.4. The molecule has 1 amide bonds. The molecule has 8 nitrogen and oxygen atoms in total. The number of rotatable bonds is 7. The molecule has 39 heavy (non-hydrogen) atoms. The summed E-state index contributed by atoms with van der Waals surface area (Å²) in [5, 5.41) is 4.18. The predicted molar refractivity (Wildman–Crippen MR) is 153 cm³/mol. The van der Waals surface area contributed by atoms with Crippen molar-refractivity contribution in [3.05, 3.63) is 75.0 Å². The number of carbonyl (C=O) groups is 1. The maximum absolute atomic E-state index is 13.2. The van der Waals surface area contributed by atoms with Gasteiger partial charge in [-0.15, -0.1) is 0 Å². The van der Waals surface area contributed by atoms with Gasteiger partial charge in [0.25, 0.3) is 5.91 Å². The summed E-state index contributed by atoms with van der Waals surface area (Å²) >= 11 is 13.0. The van der Waals surface area contributed by atoms with Gasteiger partial charge in [-0.25, -0.2) is 9.97 Å². The third-order valence-electron chi connectivity index (χ3n) is 7.63. The number of benzene rings is 2. The molecule has 1 aliphatic heterocycles. The Morgan fingerprint density at radius 2 is 1.92 bits per heavy atom. The Morgan fingerprint density at radius 3 is 2.74 bits per heavy atom. The topological polar surface area (TPSA) is 88.1 Å². The van der Waals surface area contributed by atoms with Crippen molar-refractivity contribution in [1.29, 1.82) is 0 Å². The molecule has 1 saturated heterocycles. The second-order valence-corrected chi connectivity index (χ2v) is 11.2. The maximum Gasteiger partial charge on any atom is 0.251 e. The predicted octanol–water partition coefficient (Wildman–Crippen LogP) is 5.30. The molecule has 0 bridgehead atoms. The van der Waals surface area contributed by atoms with E-state index in [2.05, 4.69) is 24.8 Å². The standard InChI is InChI=1S/C29H32Cl2N6O2/c1-18(28-34-22-8-7-20(30)17-24(22)35-28)32-29(38)19-6-9-25(21(31)16-19)37-26-5-3-2-4-23(26)33-27(37)10-11-36-12-14-39-15-13-36/h6-9,16-18H,2-5,10-15H2,1H3,(H,32,38)(H,34,35)/t18-/m0/s1. The summed E-state index contributed by atoms with van der Waals surface area (Å²) in [4.78, 5) is 28.5. The van der Waals surface area contributed by atoms with Gasteiger partial charge in [0.2, 0.25) is 0 Å². The number of fused-ring (bicyclic) bond motifs is 2. The summed E-state index contributed by atoms with van der Waals surface area (Å²) in [6.45, 7) is 6.29. The lowest BCUT2D eigenvalue weighted by Gasteiger charge is -2.26. The van der Waals surface area contributed by atoms with E-state index in [-0.39, 0.29) is 11.9 Å². The SMILES string of the molecule is C[C@H](NC(=O)c1ccc(-n2c(CCN3CCOCC3)nc3c2CCCC3)c(Cl)c1)c1nc2cc(Cl)ccc2[nH]1. The number of H-pyrrole nitrogens is 1. The van der Waals surface area contributed by atoms with Crippen molar-refractivity contribution >= 4 is 40.1 Å². The molecule has 204 valence electrons. The van der Waals surface area contributed by atoms with Crippen LogP contribution in [0.25, 0.3) is 16.7 Å². The number of nitrogens with zero attached hydrogens (tertiary/aromatic N) is 4. The number of hydrogen-bond donors (Lipinski definition) is 2. The molecule has 1 atom stereocenters. The molecule has 2 aliphatic rings. The lowest BCUT2D eigenvalue weighted by atomic mass is 10.0. The van der Waals surface area contributed by atoms with E-state index in [9.17, 15) is 4.79 Å². The average Bonchev–Trinajstić information content (AvgIpc) is 3.53. The summed E-state index contributed by atoms with van der Waals surface area (Å²) in [6.07, 6.45) is 5.13. The zero-order valence-corrected chi connectivity index (χ0v) is 23.5. The first kappa shape index (κ1) is 26.3. The van der Waals surface area contributed by atoms with E-state index in [1.165, 1.54) is 11.4 Å². The van der Waals surface area contributed by atoms with Gasteiger partial charge in [-0.3, -0.25) is 14.3 Å². The van der Waals surface area contributed by atoms with Gasteiger partial charge in [-0.05, 0) is 69.0 Å². The van der Waals surface area contributed by atoms with Crippen LogP contribution in [0.4, 0.5) is 0 Å². The number of morpholine rings is 1. The minimum absolute atomic E-state index is 0.213. The van der Waals surface area contributed by atoms with Gasteiger partial charge in [0.15, 0.2) is 0 Å². The highest BCUT2D eigenvalue weighted by Crippen LogP contribution is 2.31. The Kier molecular flexibility index (Phi) is 7.62. The van der Waals surface area contributed by atoms with Crippen LogP contribution in [-0.2, 0) is 24.0 Å². The van der Waals surface area contributed by atoms with Gasteiger partial charge in [-0.2, -0.15) is 0 Å². The smallest absolute Gasteiger partial charge is 0.251 e. The zero-order valence-electron chi connectivity index (χ0n) is 22.0. The summed E-state index contributed by atoms with van der Waals surface area (Å²) in [6, 6.07) is 10.7. The molecule has 1 fully saturated rings. The Labute approximate surface area is 237 Å².